The standard InChI is InChI=1S/C20H26N2O2/c1-15(2)11-20-12-18(23)21(13-16-7-4-3-5-8-16)19(20)24-14-17-9-6-10-22(17)20/h3-5,7-8,17,19H,1,6,9-14H2,2H3/t17-,19+,20+/m0/s1. The highest BCUT2D eigenvalue weighted by Crippen LogP contribution is 2.47. The summed E-state index contributed by atoms with van der Waals surface area (Å²) in [5, 5.41) is 0. The quantitative estimate of drug-likeness (QED) is 0.798. The highest BCUT2D eigenvalue weighted by atomic mass is 16.5. The molecule has 1 amide bonds. The fourth-order valence-corrected chi connectivity index (χ4v) is 4.88. The van der Waals surface area contributed by atoms with Crippen molar-refractivity contribution in [3.8, 4) is 0 Å². The molecule has 0 bridgehead atoms. The molecule has 0 saturated carbocycles. The number of fused-ring (bicyclic) bond motifs is 3. The molecule has 24 heavy (non-hydrogen) atoms. The molecule has 4 heteroatoms. The zero-order chi connectivity index (χ0) is 16.7. The van der Waals surface area contributed by atoms with Crippen molar-refractivity contribution in [2.75, 3.05) is 13.2 Å². The molecule has 4 rings (SSSR count). The summed E-state index contributed by atoms with van der Waals surface area (Å²) in [7, 11) is 0. The Balaban J connectivity index is 1.67. The molecule has 3 atom stereocenters. The predicted octanol–water partition coefficient (Wildman–Crippen LogP) is 2.94. The van der Waals surface area contributed by atoms with Gasteiger partial charge in [-0.25, -0.2) is 0 Å². The molecule has 3 saturated heterocycles. The van der Waals surface area contributed by atoms with Gasteiger partial charge in [0.15, 0.2) is 6.23 Å². The summed E-state index contributed by atoms with van der Waals surface area (Å²) in [6.45, 7) is 8.64. The minimum Gasteiger partial charge on any atom is -0.355 e. The second-order valence-electron chi connectivity index (χ2n) is 7.60. The molecule has 3 fully saturated rings. The van der Waals surface area contributed by atoms with Crippen molar-refractivity contribution in [1.82, 2.24) is 9.80 Å². The smallest absolute Gasteiger partial charge is 0.227 e. The number of hydrogen-bond donors (Lipinski definition) is 0. The molecule has 0 aromatic heterocycles. The summed E-state index contributed by atoms with van der Waals surface area (Å²) in [6.07, 6.45) is 3.61. The third-order valence-electron chi connectivity index (χ3n) is 5.72. The molecule has 1 aromatic carbocycles. The van der Waals surface area contributed by atoms with E-state index in [1.165, 1.54) is 12.8 Å². The number of carbonyl (C=O) groups is 1. The molecule has 0 aliphatic carbocycles. The molecule has 4 nitrogen and oxygen atoms in total. The number of benzene rings is 1. The maximum Gasteiger partial charge on any atom is 0.227 e. The van der Waals surface area contributed by atoms with Crippen LogP contribution in [0, 0.1) is 0 Å². The van der Waals surface area contributed by atoms with Gasteiger partial charge in [0.1, 0.15) is 0 Å². The van der Waals surface area contributed by atoms with Crippen molar-refractivity contribution in [2.45, 2.75) is 57.0 Å². The van der Waals surface area contributed by atoms with Crippen molar-refractivity contribution < 1.29 is 9.53 Å². The van der Waals surface area contributed by atoms with Gasteiger partial charge in [-0.1, -0.05) is 35.9 Å². The molecule has 0 N–H and O–H groups in total. The Hall–Kier alpha value is -1.65. The molecule has 3 aliphatic heterocycles. The molecule has 1 aromatic rings. The van der Waals surface area contributed by atoms with Gasteiger partial charge in [-0.3, -0.25) is 9.69 Å². The second kappa shape index (κ2) is 6.01. The largest absolute Gasteiger partial charge is 0.355 e. The lowest BCUT2D eigenvalue weighted by atomic mass is 9.85. The van der Waals surface area contributed by atoms with Crippen LogP contribution in [-0.4, -0.2) is 46.7 Å². The summed E-state index contributed by atoms with van der Waals surface area (Å²) in [6, 6.07) is 10.7. The average molecular weight is 326 g/mol. The highest BCUT2D eigenvalue weighted by Gasteiger charge is 2.60. The lowest BCUT2D eigenvalue weighted by Crippen LogP contribution is -2.64. The Morgan fingerprint density at radius 2 is 2.17 bits per heavy atom. The summed E-state index contributed by atoms with van der Waals surface area (Å²) < 4.78 is 6.30. The van der Waals surface area contributed by atoms with Crippen molar-refractivity contribution in [2.24, 2.45) is 0 Å². The average Bonchev–Trinajstić information content (AvgIpc) is 3.12. The Morgan fingerprint density at radius 3 is 2.92 bits per heavy atom. The number of amides is 1. The number of hydrogen-bond acceptors (Lipinski definition) is 3. The van der Waals surface area contributed by atoms with Crippen LogP contribution in [0.4, 0.5) is 0 Å². The summed E-state index contributed by atoms with van der Waals surface area (Å²) >= 11 is 0. The molecular formula is C20H26N2O2. The summed E-state index contributed by atoms with van der Waals surface area (Å²) in [4.78, 5) is 17.4. The molecule has 3 aliphatic rings. The molecular weight excluding hydrogens is 300 g/mol. The molecule has 0 radical (unpaired) electrons. The van der Waals surface area contributed by atoms with E-state index in [0.717, 1.165) is 30.7 Å². The zero-order valence-corrected chi connectivity index (χ0v) is 14.4. The van der Waals surface area contributed by atoms with E-state index >= 15 is 0 Å². The number of likely N-dealkylation sites (tertiary alicyclic amines) is 1. The van der Waals surface area contributed by atoms with Crippen LogP contribution in [0.25, 0.3) is 0 Å². The van der Waals surface area contributed by atoms with Gasteiger partial charge in [0.2, 0.25) is 5.91 Å². The first-order valence-electron chi connectivity index (χ1n) is 8.96. The highest BCUT2D eigenvalue weighted by molar-refractivity contribution is 5.81. The lowest BCUT2D eigenvalue weighted by molar-refractivity contribution is -0.177. The third-order valence-corrected chi connectivity index (χ3v) is 5.72. The second-order valence-corrected chi connectivity index (χ2v) is 7.60. The maximum absolute atomic E-state index is 12.9. The Kier molecular flexibility index (Phi) is 3.97. The third kappa shape index (κ3) is 2.49. The number of carbonyl (C=O) groups excluding carboxylic acids is 1. The van der Waals surface area contributed by atoms with E-state index in [-0.39, 0.29) is 17.7 Å². The molecule has 3 heterocycles. The van der Waals surface area contributed by atoms with Gasteiger partial charge in [-0.2, -0.15) is 0 Å². The maximum atomic E-state index is 12.9. The van der Waals surface area contributed by atoms with Crippen LogP contribution < -0.4 is 0 Å². The van der Waals surface area contributed by atoms with Crippen LogP contribution in [0.1, 0.15) is 38.2 Å². The van der Waals surface area contributed by atoms with E-state index in [2.05, 4.69) is 30.5 Å². The Bertz CT molecular complexity index is 644. The van der Waals surface area contributed by atoms with Crippen LogP contribution in [0.5, 0.6) is 0 Å². The van der Waals surface area contributed by atoms with Crippen LogP contribution in [0.15, 0.2) is 42.5 Å². The number of ether oxygens (including phenoxy) is 1. The van der Waals surface area contributed by atoms with Crippen LogP contribution >= 0.6 is 0 Å². The number of rotatable bonds is 4. The molecule has 0 spiro atoms. The van der Waals surface area contributed by atoms with E-state index in [1.807, 2.05) is 23.1 Å². The van der Waals surface area contributed by atoms with Crippen LogP contribution in [0.2, 0.25) is 0 Å². The monoisotopic (exact) mass is 326 g/mol. The molecule has 0 unspecified atom stereocenters. The van der Waals surface area contributed by atoms with Crippen molar-refractivity contribution in [1.29, 1.82) is 0 Å². The fourth-order valence-electron chi connectivity index (χ4n) is 4.88. The number of morpholine rings is 1. The number of nitrogens with zero attached hydrogens (tertiary/aromatic N) is 2. The SMILES string of the molecule is C=C(C)C[C@@]12CC(=O)N(Cc3ccccc3)[C@@H]1OC[C@@H]1CCCN12. The van der Waals surface area contributed by atoms with Crippen molar-refractivity contribution >= 4 is 5.91 Å². The van der Waals surface area contributed by atoms with Crippen LogP contribution in [0.3, 0.4) is 0 Å². The minimum atomic E-state index is -0.225. The first kappa shape index (κ1) is 15.9. The van der Waals surface area contributed by atoms with Gasteiger partial charge in [0, 0.05) is 19.0 Å². The van der Waals surface area contributed by atoms with Gasteiger partial charge >= 0.3 is 0 Å². The molecule has 128 valence electrons. The first-order chi connectivity index (χ1) is 11.6. The Morgan fingerprint density at radius 1 is 1.38 bits per heavy atom. The van der Waals surface area contributed by atoms with E-state index in [4.69, 9.17) is 4.74 Å². The van der Waals surface area contributed by atoms with Crippen molar-refractivity contribution in [3.63, 3.8) is 0 Å². The normalized spacial score (nSPS) is 32.7. The van der Waals surface area contributed by atoms with Gasteiger partial charge < -0.3 is 9.64 Å². The lowest BCUT2D eigenvalue weighted by Gasteiger charge is -2.50. The fraction of sp³-hybridized carbons (Fsp3) is 0.550. The van der Waals surface area contributed by atoms with Crippen LogP contribution in [-0.2, 0) is 16.1 Å². The Labute approximate surface area is 144 Å². The minimum absolute atomic E-state index is 0.156. The van der Waals surface area contributed by atoms with Gasteiger partial charge in [0.25, 0.3) is 0 Å². The van der Waals surface area contributed by atoms with Crippen molar-refractivity contribution in [3.05, 3.63) is 48.0 Å². The summed E-state index contributed by atoms with van der Waals surface area (Å²) in [5.74, 6) is 0.206. The first-order valence-corrected chi connectivity index (χ1v) is 8.96. The van der Waals surface area contributed by atoms with Gasteiger partial charge in [-0.05, 0) is 38.3 Å². The predicted molar refractivity (Wildman–Crippen MR) is 93.2 cm³/mol. The van der Waals surface area contributed by atoms with Gasteiger partial charge in [0.05, 0.1) is 12.1 Å². The van der Waals surface area contributed by atoms with E-state index < -0.39 is 0 Å². The van der Waals surface area contributed by atoms with Gasteiger partial charge in [-0.15, -0.1) is 6.58 Å². The van der Waals surface area contributed by atoms with E-state index in [1.54, 1.807) is 0 Å². The summed E-state index contributed by atoms with van der Waals surface area (Å²) in [5.41, 5.74) is 2.06. The van der Waals surface area contributed by atoms with E-state index in [9.17, 15) is 4.79 Å². The van der Waals surface area contributed by atoms with E-state index in [0.29, 0.717) is 19.0 Å². The zero-order valence-electron chi connectivity index (χ0n) is 14.4. The topological polar surface area (TPSA) is 32.8 Å².